The molecule has 0 bridgehead atoms. The van der Waals surface area contributed by atoms with Crippen molar-refractivity contribution in [2.75, 3.05) is 7.11 Å². The molecule has 0 spiro atoms. The zero-order valence-corrected chi connectivity index (χ0v) is 13.8. The molecule has 0 fully saturated rings. The number of rotatable bonds is 3. The predicted molar refractivity (Wildman–Crippen MR) is 94.7 cm³/mol. The third kappa shape index (κ3) is 2.54. The van der Waals surface area contributed by atoms with Crippen molar-refractivity contribution in [3.63, 3.8) is 0 Å². The van der Waals surface area contributed by atoms with Crippen molar-refractivity contribution in [3.05, 3.63) is 64.8 Å². The van der Waals surface area contributed by atoms with Gasteiger partial charge >= 0.3 is 0 Å². The van der Waals surface area contributed by atoms with Crippen molar-refractivity contribution >= 4 is 16.8 Å². The fraction of sp³-hybridized carbons (Fsp3) is 0.250. The molecule has 1 atom stereocenters. The average molecular weight is 320 g/mol. The first-order valence-electron chi connectivity index (χ1n) is 8.19. The van der Waals surface area contributed by atoms with Crippen molar-refractivity contribution in [3.8, 4) is 5.75 Å². The zero-order chi connectivity index (χ0) is 16.7. The van der Waals surface area contributed by atoms with E-state index in [4.69, 9.17) is 4.74 Å². The number of carbonyl (C=O) groups is 1. The van der Waals surface area contributed by atoms with Crippen LogP contribution in [0.15, 0.2) is 42.5 Å². The van der Waals surface area contributed by atoms with Crippen LogP contribution in [0.1, 0.15) is 27.2 Å². The van der Waals surface area contributed by atoms with Gasteiger partial charge in [0.1, 0.15) is 5.75 Å². The number of H-pyrrole nitrogens is 1. The summed E-state index contributed by atoms with van der Waals surface area (Å²) in [4.78, 5) is 16.0. The van der Waals surface area contributed by atoms with Crippen LogP contribution in [-0.2, 0) is 12.8 Å². The molecule has 1 heterocycles. The molecule has 1 aromatic heterocycles. The molecule has 2 N–H and O–H groups in total. The Morgan fingerprint density at radius 3 is 2.92 bits per heavy atom. The number of aryl methyl sites for hydroxylation is 1. The number of amides is 1. The molecule has 4 nitrogen and oxygen atoms in total. The average Bonchev–Trinajstić information content (AvgIpc) is 3.12. The van der Waals surface area contributed by atoms with Crippen molar-refractivity contribution in [1.82, 2.24) is 10.3 Å². The highest BCUT2D eigenvalue weighted by molar-refractivity contribution is 5.95. The van der Waals surface area contributed by atoms with Crippen molar-refractivity contribution in [1.29, 1.82) is 0 Å². The Morgan fingerprint density at radius 1 is 1.21 bits per heavy atom. The molecular formula is C20H20N2O2. The van der Waals surface area contributed by atoms with Crippen LogP contribution >= 0.6 is 0 Å². The maximum atomic E-state index is 12.5. The summed E-state index contributed by atoms with van der Waals surface area (Å²) in [6, 6.07) is 13.9. The van der Waals surface area contributed by atoms with Crippen molar-refractivity contribution in [2.45, 2.75) is 25.8 Å². The maximum Gasteiger partial charge on any atom is 0.251 e. The Kier molecular flexibility index (Phi) is 3.53. The van der Waals surface area contributed by atoms with E-state index in [1.807, 2.05) is 18.2 Å². The number of hydrogen-bond acceptors (Lipinski definition) is 2. The smallest absolute Gasteiger partial charge is 0.251 e. The van der Waals surface area contributed by atoms with Crippen LogP contribution in [0, 0.1) is 6.92 Å². The van der Waals surface area contributed by atoms with E-state index in [2.05, 4.69) is 35.4 Å². The molecule has 3 aromatic rings. The monoisotopic (exact) mass is 320 g/mol. The van der Waals surface area contributed by atoms with E-state index in [0.29, 0.717) is 11.3 Å². The van der Waals surface area contributed by atoms with Crippen LogP contribution in [-0.4, -0.2) is 24.0 Å². The van der Waals surface area contributed by atoms with E-state index < -0.39 is 0 Å². The molecule has 4 heteroatoms. The van der Waals surface area contributed by atoms with E-state index >= 15 is 0 Å². The highest BCUT2D eigenvalue weighted by Crippen LogP contribution is 2.30. The van der Waals surface area contributed by atoms with Gasteiger partial charge in [0.15, 0.2) is 0 Å². The first kappa shape index (κ1) is 14.8. The number of ether oxygens (including phenoxy) is 1. The van der Waals surface area contributed by atoms with Crippen molar-refractivity contribution < 1.29 is 9.53 Å². The summed E-state index contributed by atoms with van der Waals surface area (Å²) in [6.07, 6.45) is 1.72. The van der Waals surface area contributed by atoms with Crippen LogP contribution < -0.4 is 10.1 Å². The summed E-state index contributed by atoms with van der Waals surface area (Å²) in [7, 11) is 1.60. The second-order valence-corrected chi connectivity index (χ2v) is 6.44. The molecule has 4 rings (SSSR count). The predicted octanol–water partition coefficient (Wildman–Crippen LogP) is 3.38. The standard InChI is InChI=1S/C20H20N2O2/c1-12-6-7-18-16(8-12)17-10-14(11-19(17)22-18)21-20(23)13-4-3-5-15(9-13)24-2/h3-9,14,22H,10-11H2,1-2H3,(H,21,23). The second-order valence-electron chi connectivity index (χ2n) is 6.44. The minimum absolute atomic E-state index is 0.0514. The molecule has 1 unspecified atom stereocenters. The Bertz CT molecular complexity index is 927. The minimum atomic E-state index is -0.0514. The molecule has 1 aliphatic rings. The minimum Gasteiger partial charge on any atom is -0.497 e. The molecule has 2 aromatic carbocycles. The van der Waals surface area contributed by atoms with Crippen LogP contribution in [0.4, 0.5) is 0 Å². The molecule has 1 aliphatic carbocycles. The van der Waals surface area contributed by atoms with E-state index in [0.717, 1.165) is 12.8 Å². The van der Waals surface area contributed by atoms with E-state index in [1.54, 1.807) is 13.2 Å². The highest BCUT2D eigenvalue weighted by Gasteiger charge is 2.26. The second kappa shape index (κ2) is 5.71. The summed E-state index contributed by atoms with van der Waals surface area (Å²) in [5, 5.41) is 4.43. The van der Waals surface area contributed by atoms with Gasteiger partial charge in [0, 0.05) is 34.6 Å². The maximum absolute atomic E-state index is 12.5. The number of carbonyl (C=O) groups excluding carboxylic acids is 1. The summed E-state index contributed by atoms with van der Waals surface area (Å²) in [6.45, 7) is 2.11. The summed E-state index contributed by atoms with van der Waals surface area (Å²) in [5.41, 5.74) is 5.65. The molecule has 0 aliphatic heterocycles. The van der Waals surface area contributed by atoms with Gasteiger partial charge in [-0.05, 0) is 49.2 Å². The van der Waals surface area contributed by atoms with Gasteiger partial charge in [0.05, 0.1) is 7.11 Å². The molecular weight excluding hydrogens is 300 g/mol. The van der Waals surface area contributed by atoms with Gasteiger partial charge in [0.2, 0.25) is 0 Å². The summed E-state index contributed by atoms with van der Waals surface area (Å²) >= 11 is 0. The van der Waals surface area contributed by atoms with Crippen LogP contribution in [0.3, 0.4) is 0 Å². The molecule has 1 amide bonds. The number of aromatic amines is 1. The third-order valence-electron chi connectivity index (χ3n) is 4.72. The van der Waals surface area contributed by atoms with Crippen LogP contribution in [0.2, 0.25) is 0 Å². The Balaban J connectivity index is 1.52. The lowest BCUT2D eigenvalue weighted by Gasteiger charge is -2.13. The Morgan fingerprint density at radius 2 is 2.08 bits per heavy atom. The van der Waals surface area contributed by atoms with E-state index in [-0.39, 0.29) is 11.9 Å². The number of fused-ring (bicyclic) bond motifs is 3. The van der Waals surface area contributed by atoms with Gasteiger partial charge in [-0.1, -0.05) is 17.7 Å². The lowest BCUT2D eigenvalue weighted by atomic mass is 10.1. The molecule has 24 heavy (non-hydrogen) atoms. The normalized spacial score (nSPS) is 16.2. The molecule has 0 saturated heterocycles. The lowest BCUT2D eigenvalue weighted by molar-refractivity contribution is 0.0938. The number of aromatic nitrogens is 1. The largest absolute Gasteiger partial charge is 0.497 e. The zero-order valence-electron chi connectivity index (χ0n) is 13.8. The Hall–Kier alpha value is -2.75. The molecule has 122 valence electrons. The first-order chi connectivity index (χ1) is 11.6. The fourth-order valence-electron chi connectivity index (χ4n) is 3.52. The summed E-state index contributed by atoms with van der Waals surface area (Å²) < 4.78 is 5.19. The lowest BCUT2D eigenvalue weighted by Crippen LogP contribution is -2.35. The van der Waals surface area contributed by atoms with Gasteiger partial charge in [-0.25, -0.2) is 0 Å². The highest BCUT2D eigenvalue weighted by atomic mass is 16.5. The topological polar surface area (TPSA) is 54.1 Å². The van der Waals surface area contributed by atoms with E-state index in [1.165, 1.54) is 27.7 Å². The number of hydrogen-bond donors (Lipinski definition) is 2. The van der Waals surface area contributed by atoms with Gasteiger partial charge in [-0.2, -0.15) is 0 Å². The number of nitrogens with one attached hydrogen (secondary N) is 2. The number of methoxy groups -OCH3 is 1. The third-order valence-corrected chi connectivity index (χ3v) is 4.72. The van der Waals surface area contributed by atoms with Gasteiger partial charge in [-0.15, -0.1) is 0 Å². The van der Waals surface area contributed by atoms with Crippen LogP contribution in [0.5, 0.6) is 5.75 Å². The first-order valence-corrected chi connectivity index (χ1v) is 8.19. The van der Waals surface area contributed by atoms with Crippen LogP contribution in [0.25, 0.3) is 10.9 Å². The van der Waals surface area contributed by atoms with E-state index in [9.17, 15) is 4.79 Å². The summed E-state index contributed by atoms with van der Waals surface area (Å²) in [5.74, 6) is 0.644. The Labute approximate surface area is 140 Å². The number of benzene rings is 2. The van der Waals surface area contributed by atoms with Gasteiger partial charge < -0.3 is 15.0 Å². The van der Waals surface area contributed by atoms with Gasteiger partial charge in [0.25, 0.3) is 5.91 Å². The van der Waals surface area contributed by atoms with Crippen molar-refractivity contribution in [2.24, 2.45) is 0 Å². The quantitative estimate of drug-likeness (QED) is 0.777. The fourth-order valence-corrected chi connectivity index (χ4v) is 3.52. The molecule has 0 radical (unpaired) electrons. The van der Waals surface area contributed by atoms with Gasteiger partial charge in [-0.3, -0.25) is 4.79 Å². The SMILES string of the molecule is COc1cccc(C(=O)NC2Cc3[nH]c4ccc(C)cc4c3C2)c1. The molecule has 0 saturated carbocycles.